The summed E-state index contributed by atoms with van der Waals surface area (Å²) < 4.78 is 57.7. The lowest BCUT2D eigenvalue weighted by molar-refractivity contribution is -0.167. The van der Waals surface area contributed by atoms with Gasteiger partial charge in [-0.15, -0.1) is 6.58 Å². The number of halogens is 4. The van der Waals surface area contributed by atoms with Gasteiger partial charge in [0.05, 0.1) is 18.8 Å². The van der Waals surface area contributed by atoms with Gasteiger partial charge >= 0.3 is 24.3 Å². The number of alkyl halides is 3. The second kappa shape index (κ2) is 15.1. The third-order valence-electron chi connectivity index (χ3n) is 5.77. The molecule has 0 fully saturated rings. The number of aromatic nitrogens is 2. The Morgan fingerprint density at radius 1 is 1.14 bits per heavy atom. The number of methoxy groups -OCH3 is 1. The van der Waals surface area contributed by atoms with Crippen molar-refractivity contribution < 1.29 is 41.8 Å². The average Bonchev–Trinajstić information content (AvgIpc) is 3.19. The molecule has 0 aliphatic heterocycles. The summed E-state index contributed by atoms with van der Waals surface area (Å²) in [5.74, 6) is -1.94. The molecule has 1 aromatic heterocycles. The van der Waals surface area contributed by atoms with E-state index in [9.17, 15) is 27.6 Å². The molecule has 2 aromatic rings. The fourth-order valence-corrected chi connectivity index (χ4v) is 5.03. The quantitative estimate of drug-likeness (QED) is 0.119. The van der Waals surface area contributed by atoms with Crippen LogP contribution in [0.1, 0.15) is 39.1 Å². The molecule has 244 valence electrons. The fraction of sp³-hybridized carbons (Fsp3) is 0.500. The largest absolute Gasteiger partial charge is 0.471 e. The predicted molar refractivity (Wildman–Crippen MR) is 167 cm³/mol. The zero-order chi connectivity index (χ0) is 33.5. The van der Waals surface area contributed by atoms with Crippen molar-refractivity contribution in [2.24, 2.45) is 0 Å². The van der Waals surface area contributed by atoms with Crippen molar-refractivity contribution in [1.29, 1.82) is 0 Å². The first-order valence-corrected chi connectivity index (χ1v) is 18.1. The summed E-state index contributed by atoms with van der Waals surface area (Å²) in [6.07, 6.45) is -4.98. The smallest absolute Gasteiger partial charge is 0.453 e. The summed E-state index contributed by atoms with van der Waals surface area (Å²) in [6, 6.07) is 4.03. The molecule has 0 saturated heterocycles. The zero-order valence-electron chi connectivity index (χ0n) is 25.8. The number of imidazole rings is 1. The monoisotopic (exact) mass is 705 g/mol. The number of ether oxygens (including phenoxy) is 3. The Bertz CT molecular complexity index is 1350. The van der Waals surface area contributed by atoms with Gasteiger partial charge < -0.3 is 24.8 Å². The summed E-state index contributed by atoms with van der Waals surface area (Å²) in [5.41, 5.74) is -0.800. The van der Waals surface area contributed by atoms with Crippen LogP contribution in [-0.4, -0.2) is 61.2 Å². The van der Waals surface area contributed by atoms with Gasteiger partial charge in [-0.25, -0.2) is 14.6 Å². The van der Waals surface area contributed by atoms with Crippen LogP contribution in [0.2, 0.25) is 25.7 Å². The van der Waals surface area contributed by atoms with E-state index in [0.29, 0.717) is 11.2 Å². The maximum atomic E-state index is 13.3. The van der Waals surface area contributed by atoms with E-state index >= 15 is 0 Å². The minimum Gasteiger partial charge on any atom is -0.453 e. The Balaban J connectivity index is 2.69. The average molecular weight is 707 g/mol. The van der Waals surface area contributed by atoms with Gasteiger partial charge in [-0.1, -0.05) is 25.7 Å². The molecule has 0 aliphatic carbocycles. The van der Waals surface area contributed by atoms with Crippen molar-refractivity contribution in [3.05, 3.63) is 41.3 Å². The van der Waals surface area contributed by atoms with Crippen LogP contribution in [0, 0.1) is 0 Å². The summed E-state index contributed by atoms with van der Waals surface area (Å²) in [4.78, 5) is 41.1. The first-order valence-electron chi connectivity index (χ1n) is 13.6. The molecule has 0 spiro atoms. The molecular weight excluding hydrogens is 667 g/mol. The van der Waals surface area contributed by atoms with Gasteiger partial charge in [-0.2, -0.15) is 13.2 Å². The van der Waals surface area contributed by atoms with Crippen LogP contribution >= 0.6 is 15.9 Å². The van der Waals surface area contributed by atoms with Gasteiger partial charge in [0.1, 0.15) is 28.5 Å². The third-order valence-corrected chi connectivity index (χ3v) is 8.28. The highest BCUT2D eigenvalue weighted by Crippen LogP contribution is 2.38. The van der Waals surface area contributed by atoms with E-state index in [4.69, 9.17) is 14.5 Å². The molecule has 0 bridgehead atoms. The minimum atomic E-state index is -5.19. The van der Waals surface area contributed by atoms with Gasteiger partial charge in [-0.05, 0) is 67.4 Å². The molecule has 3 N–H and O–H groups in total. The van der Waals surface area contributed by atoms with E-state index in [1.165, 1.54) is 12.1 Å². The highest BCUT2D eigenvalue weighted by atomic mass is 79.9. The number of nitrogens with zero attached hydrogens (tertiary/aromatic N) is 2. The van der Waals surface area contributed by atoms with Crippen LogP contribution in [0.4, 0.5) is 34.1 Å². The van der Waals surface area contributed by atoms with Crippen LogP contribution in [0.25, 0.3) is 11.3 Å². The standard InChI is InChI=1S/C28H39BrF3N5O6Si/c1-9-10-19(35-26(40)43-27(2,3)4)23-36-21(22(29)37(23)16-42-13-14-44(6,7)8)18-12-11-17(33-25(39)41-5)15-20(18)34-24(38)28(30,31)32/h9,11-12,15,19H,1,10,13-14,16H2,2-8H3,(H,33,39)(H,34,38)(H,35,40)/t19-/m0/s1. The zero-order valence-corrected chi connectivity index (χ0v) is 28.4. The molecule has 44 heavy (non-hydrogen) atoms. The molecule has 0 unspecified atom stereocenters. The number of hydrogen-bond donors (Lipinski definition) is 3. The van der Waals surface area contributed by atoms with E-state index < -0.39 is 44.0 Å². The first-order chi connectivity index (χ1) is 20.3. The summed E-state index contributed by atoms with van der Waals surface area (Å²) in [7, 11) is -0.304. The van der Waals surface area contributed by atoms with Crippen LogP contribution < -0.4 is 16.0 Å². The molecule has 3 amide bonds. The molecule has 0 saturated carbocycles. The summed E-state index contributed by atoms with van der Waals surface area (Å²) >= 11 is 3.51. The van der Waals surface area contributed by atoms with Gasteiger partial charge in [0.15, 0.2) is 0 Å². The number of hydrogen-bond acceptors (Lipinski definition) is 7. The number of carbonyl (C=O) groups excluding carboxylic acids is 3. The Morgan fingerprint density at radius 3 is 2.34 bits per heavy atom. The van der Waals surface area contributed by atoms with Gasteiger partial charge in [0.25, 0.3) is 0 Å². The lowest BCUT2D eigenvalue weighted by atomic mass is 10.1. The molecule has 2 rings (SSSR count). The normalized spacial score (nSPS) is 12.7. The van der Waals surface area contributed by atoms with E-state index in [0.717, 1.165) is 19.2 Å². The third kappa shape index (κ3) is 11.3. The number of amides is 3. The summed E-state index contributed by atoms with van der Waals surface area (Å²) in [5, 5.41) is 6.99. The number of alkyl carbamates (subject to hydrolysis) is 1. The molecule has 1 atom stereocenters. The van der Waals surface area contributed by atoms with Gasteiger partial charge in [0, 0.05) is 25.9 Å². The molecule has 16 heteroatoms. The van der Waals surface area contributed by atoms with Crippen molar-refractivity contribution in [2.45, 2.75) is 77.4 Å². The number of benzene rings is 1. The molecular formula is C28H39BrF3N5O6Si. The van der Waals surface area contributed by atoms with Crippen molar-refractivity contribution in [3.63, 3.8) is 0 Å². The topological polar surface area (TPSA) is 133 Å². The minimum absolute atomic E-state index is 0.0107. The van der Waals surface area contributed by atoms with Gasteiger partial charge in [-0.3, -0.25) is 14.7 Å². The lowest BCUT2D eigenvalue weighted by Crippen LogP contribution is -2.36. The number of nitrogens with one attached hydrogen (secondary N) is 3. The van der Waals surface area contributed by atoms with E-state index in [1.54, 1.807) is 31.4 Å². The van der Waals surface area contributed by atoms with Crippen LogP contribution in [0.15, 0.2) is 35.5 Å². The Morgan fingerprint density at radius 2 is 1.80 bits per heavy atom. The number of carbonyl (C=O) groups is 3. The fourth-order valence-electron chi connectivity index (χ4n) is 3.68. The highest BCUT2D eigenvalue weighted by molar-refractivity contribution is 9.10. The molecule has 1 aromatic carbocycles. The second-order valence-electron chi connectivity index (χ2n) is 11.9. The van der Waals surface area contributed by atoms with Crippen molar-refractivity contribution in [2.75, 3.05) is 24.4 Å². The van der Waals surface area contributed by atoms with Crippen LogP contribution in [-0.2, 0) is 25.7 Å². The molecule has 0 radical (unpaired) electrons. The van der Waals surface area contributed by atoms with E-state index in [1.807, 2.05) is 5.32 Å². The first kappa shape index (κ1) is 36.8. The van der Waals surface area contributed by atoms with Crippen LogP contribution in [0.3, 0.4) is 0 Å². The maximum Gasteiger partial charge on any atom is 0.471 e. The van der Waals surface area contributed by atoms with Crippen molar-refractivity contribution in [3.8, 4) is 11.3 Å². The Hall–Kier alpha value is -3.37. The van der Waals surface area contributed by atoms with Crippen LogP contribution in [0.5, 0.6) is 0 Å². The second-order valence-corrected chi connectivity index (χ2v) is 18.3. The Kier molecular flexibility index (Phi) is 12.6. The number of rotatable bonds is 12. The maximum absolute atomic E-state index is 13.3. The number of anilines is 2. The lowest BCUT2D eigenvalue weighted by Gasteiger charge is -2.23. The Labute approximate surface area is 264 Å². The van der Waals surface area contributed by atoms with E-state index in [2.05, 4.69) is 57.5 Å². The SMILES string of the molecule is C=CC[C@H](NC(=O)OC(C)(C)C)c1nc(-c2ccc(NC(=O)OC)cc2NC(=O)C(F)(F)F)c(Br)n1COCC[Si](C)(C)C. The molecule has 11 nitrogen and oxygen atoms in total. The molecule has 0 aliphatic rings. The van der Waals surface area contributed by atoms with E-state index in [-0.39, 0.29) is 41.6 Å². The summed E-state index contributed by atoms with van der Waals surface area (Å²) in [6.45, 7) is 16.0. The molecule has 1 heterocycles. The highest BCUT2D eigenvalue weighted by Gasteiger charge is 2.39. The van der Waals surface area contributed by atoms with Crippen molar-refractivity contribution >= 4 is 53.5 Å². The van der Waals surface area contributed by atoms with Gasteiger partial charge in [0.2, 0.25) is 0 Å². The predicted octanol–water partition coefficient (Wildman–Crippen LogP) is 7.45. The van der Waals surface area contributed by atoms with Crippen molar-refractivity contribution in [1.82, 2.24) is 14.9 Å².